The predicted octanol–water partition coefficient (Wildman–Crippen LogP) is 3.37. The molecule has 0 saturated heterocycles. The number of carbonyl (C=O) groups excluding carboxylic acids is 3. The van der Waals surface area contributed by atoms with Gasteiger partial charge in [-0.1, -0.05) is 0 Å². The normalized spacial score (nSPS) is 14.6. The smallest absolute Gasteiger partial charge is 0.340 e. The Hall–Kier alpha value is -4.07. The van der Waals surface area contributed by atoms with Crippen LogP contribution >= 0.6 is 0 Å². The van der Waals surface area contributed by atoms with Gasteiger partial charge in [-0.25, -0.2) is 9.59 Å². The van der Waals surface area contributed by atoms with Crippen LogP contribution in [-0.4, -0.2) is 46.3 Å². The van der Waals surface area contributed by atoms with E-state index in [0.717, 1.165) is 0 Å². The van der Waals surface area contributed by atoms with Gasteiger partial charge >= 0.3 is 11.9 Å². The molecule has 0 saturated carbocycles. The summed E-state index contributed by atoms with van der Waals surface area (Å²) in [7, 11) is 5.59. The summed E-state index contributed by atoms with van der Waals surface area (Å²) in [5, 5.41) is 0. The Kier molecular flexibility index (Phi) is 6.63. The van der Waals surface area contributed by atoms with Gasteiger partial charge in [0.2, 0.25) is 0 Å². The van der Waals surface area contributed by atoms with E-state index in [1.165, 1.54) is 33.3 Å². The average molecular weight is 437 g/mol. The third-order valence-electron chi connectivity index (χ3n) is 5.07. The molecule has 3 rings (SSSR count). The lowest BCUT2D eigenvalue weighted by atomic mass is 10.0. The van der Waals surface area contributed by atoms with Gasteiger partial charge in [0.1, 0.15) is 11.5 Å². The van der Waals surface area contributed by atoms with Crippen LogP contribution in [0.4, 0.5) is 5.69 Å². The van der Waals surface area contributed by atoms with Crippen molar-refractivity contribution in [3.8, 4) is 11.5 Å². The topological polar surface area (TPSA) is 91.4 Å². The fraction of sp³-hybridized carbons (Fsp3) is 0.208. The van der Waals surface area contributed by atoms with Crippen LogP contribution in [0.2, 0.25) is 0 Å². The molecule has 1 aliphatic rings. The number of ether oxygens (including phenoxy) is 4. The summed E-state index contributed by atoms with van der Waals surface area (Å²) < 4.78 is 20.3. The molecular weight excluding hydrogens is 414 g/mol. The summed E-state index contributed by atoms with van der Waals surface area (Å²) in [6.07, 6.45) is 1.57. The van der Waals surface area contributed by atoms with Crippen LogP contribution in [0.25, 0.3) is 6.08 Å². The molecule has 8 nitrogen and oxygen atoms in total. The van der Waals surface area contributed by atoms with Crippen LogP contribution in [-0.2, 0) is 19.1 Å². The van der Waals surface area contributed by atoms with E-state index >= 15 is 0 Å². The highest BCUT2D eigenvalue weighted by atomic mass is 16.5. The van der Waals surface area contributed by atoms with Gasteiger partial charge in [-0.05, 0) is 55.5 Å². The Morgan fingerprint density at radius 1 is 0.875 bits per heavy atom. The SMILES string of the molecule is COC(=O)C1=C(C)N(c2ccc(C(=O)OC)cc2)C(=O)C1=Cc1cc(OC)ccc1OC. The molecule has 8 heteroatoms. The Morgan fingerprint density at radius 2 is 1.53 bits per heavy atom. The average Bonchev–Trinajstić information content (AvgIpc) is 3.07. The van der Waals surface area contributed by atoms with E-state index in [-0.39, 0.29) is 11.1 Å². The lowest BCUT2D eigenvalue weighted by molar-refractivity contribution is -0.136. The first-order valence-corrected chi connectivity index (χ1v) is 9.62. The van der Waals surface area contributed by atoms with E-state index in [2.05, 4.69) is 0 Å². The van der Waals surface area contributed by atoms with Crippen molar-refractivity contribution in [3.05, 3.63) is 70.4 Å². The van der Waals surface area contributed by atoms with Gasteiger partial charge in [0.05, 0.1) is 45.1 Å². The Morgan fingerprint density at radius 3 is 2.09 bits per heavy atom. The molecule has 0 bridgehead atoms. The van der Waals surface area contributed by atoms with Crippen molar-refractivity contribution >= 4 is 29.6 Å². The molecule has 0 unspecified atom stereocenters. The number of benzene rings is 2. The van der Waals surface area contributed by atoms with Gasteiger partial charge in [0.25, 0.3) is 5.91 Å². The molecule has 1 heterocycles. The predicted molar refractivity (Wildman–Crippen MR) is 118 cm³/mol. The Labute approximate surface area is 185 Å². The lowest BCUT2D eigenvalue weighted by Crippen LogP contribution is -2.24. The number of hydrogen-bond acceptors (Lipinski definition) is 7. The second-order valence-electron chi connectivity index (χ2n) is 6.80. The van der Waals surface area contributed by atoms with Crippen molar-refractivity contribution in [2.45, 2.75) is 6.92 Å². The Balaban J connectivity index is 2.13. The van der Waals surface area contributed by atoms with Gasteiger partial charge in [-0.3, -0.25) is 9.69 Å². The summed E-state index contributed by atoms with van der Waals surface area (Å²) in [6, 6.07) is 11.5. The van der Waals surface area contributed by atoms with Crippen molar-refractivity contribution in [1.29, 1.82) is 0 Å². The number of carbonyl (C=O) groups is 3. The first-order valence-electron chi connectivity index (χ1n) is 9.62. The highest BCUT2D eigenvalue weighted by Gasteiger charge is 2.38. The highest BCUT2D eigenvalue weighted by Crippen LogP contribution is 2.37. The van der Waals surface area contributed by atoms with E-state index in [9.17, 15) is 14.4 Å². The van der Waals surface area contributed by atoms with E-state index in [1.807, 2.05) is 0 Å². The minimum Gasteiger partial charge on any atom is -0.497 e. The van der Waals surface area contributed by atoms with Gasteiger partial charge < -0.3 is 18.9 Å². The number of allylic oxidation sites excluding steroid dienone is 1. The molecule has 0 N–H and O–H groups in total. The van der Waals surface area contributed by atoms with Crippen LogP contribution < -0.4 is 14.4 Å². The summed E-state index contributed by atoms with van der Waals surface area (Å²) in [5.41, 5.74) is 2.09. The highest BCUT2D eigenvalue weighted by molar-refractivity contribution is 6.24. The number of hydrogen-bond donors (Lipinski definition) is 0. The maximum absolute atomic E-state index is 13.4. The number of esters is 2. The fourth-order valence-electron chi connectivity index (χ4n) is 3.46. The molecule has 0 fully saturated rings. The molecule has 0 radical (unpaired) electrons. The number of rotatable bonds is 6. The monoisotopic (exact) mass is 437 g/mol. The van der Waals surface area contributed by atoms with Gasteiger partial charge in [-0.2, -0.15) is 0 Å². The van der Waals surface area contributed by atoms with E-state index < -0.39 is 17.8 Å². The van der Waals surface area contributed by atoms with E-state index in [4.69, 9.17) is 18.9 Å². The number of anilines is 1. The molecule has 2 aromatic carbocycles. The summed E-state index contributed by atoms with van der Waals surface area (Å²) in [4.78, 5) is 39.1. The number of nitrogens with zero attached hydrogens (tertiary/aromatic N) is 1. The van der Waals surface area contributed by atoms with Crippen LogP contribution in [0.5, 0.6) is 11.5 Å². The van der Waals surface area contributed by atoms with Crippen molar-refractivity contribution in [2.75, 3.05) is 33.3 Å². The summed E-state index contributed by atoms with van der Waals surface area (Å²) in [5.74, 6) is -0.471. The third-order valence-corrected chi connectivity index (χ3v) is 5.07. The number of methoxy groups -OCH3 is 4. The third kappa shape index (κ3) is 4.07. The molecule has 0 aromatic heterocycles. The second-order valence-corrected chi connectivity index (χ2v) is 6.80. The summed E-state index contributed by atoms with van der Waals surface area (Å²) in [6.45, 7) is 1.65. The second kappa shape index (κ2) is 9.38. The zero-order chi connectivity index (χ0) is 23.4. The molecule has 1 aliphatic heterocycles. The van der Waals surface area contributed by atoms with Crippen molar-refractivity contribution in [2.24, 2.45) is 0 Å². The maximum Gasteiger partial charge on any atom is 0.340 e. The molecule has 1 amide bonds. The number of amides is 1. The minimum atomic E-state index is -0.641. The van der Waals surface area contributed by atoms with Gasteiger partial charge in [-0.15, -0.1) is 0 Å². The maximum atomic E-state index is 13.4. The van der Waals surface area contributed by atoms with Crippen LogP contribution in [0, 0.1) is 0 Å². The van der Waals surface area contributed by atoms with Crippen molar-refractivity contribution in [3.63, 3.8) is 0 Å². The zero-order valence-corrected chi connectivity index (χ0v) is 18.4. The van der Waals surface area contributed by atoms with E-state index in [0.29, 0.717) is 34.0 Å². The van der Waals surface area contributed by atoms with Crippen LogP contribution in [0.3, 0.4) is 0 Å². The standard InChI is InChI=1S/C24H23NO7/c1-14-21(24(28)32-5)19(13-16-12-18(29-2)10-11-20(16)30-3)22(26)25(14)17-8-6-15(7-9-17)23(27)31-4/h6-13H,1-5H3. The van der Waals surface area contributed by atoms with Crippen LogP contribution in [0.1, 0.15) is 22.8 Å². The molecule has 166 valence electrons. The van der Waals surface area contributed by atoms with Crippen molar-refractivity contribution < 1.29 is 33.3 Å². The molecular formula is C24H23NO7. The van der Waals surface area contributed by atoms with Gasteiger partial charge in [0.15, 0.2) is 0 Å². The molecule has 32 heavy (non-hydrogen) atoms. The molecule has 2 aromatic rings. The zero-order valence-electron chi connectivity index (χ0n) is 18.4. The van der Waals surface area contributed by atoms with Crippen molar-refractivity contribution in [1.82, 2.24) is 0 Å². The molecule has 0 spiro atoms. The van der Waals surface area contributed by atoms with Gasteiger partial charge in [0, 0.05) is 16.9 Å². The summed E-state index contributed by atoms with van der Waals surface area (Å²) >= 11 is 0. The van der Waals surface area contributed by atoms with Crippen LogP contribution in [0.15, 0.2) is 59.3 Å². The first-order chi connectivity index (χ1) is 15.4. The Bertz CT molecular complexity index is 1130. The minimum absolute atomic E-state index is 0.138. The van der Waals surface area contributed by atoms with E-state index in [1.54, 1.807) is 55.5 Å². The molecule has 0 atom stereocenters. The first kappa shape index (κ1) is 22.6. The lowest BCUT2D eigenvalue weighted by Gasteiger charge is -2.18. The fourth-order valence-corrected chi connectivity index (χ4v) is 3.46. The molecule has 0 aliphatic carbocycles. The quantitative estimate of drug-likeness (QED) is 0.505. The largest absolute Gasteiger partial charge is 0.497 e.